The summed E-state index contributed by atoms with van der Waals surface area (Å²) >= 11 is 2.79. The molecule has 0 fully saturated rings. The van der Waals surface area contributed by atoms with Gasteiger partial charge < -0.3 is 5.32 Å². The molecule has 1 aliphatic heterocycles. The molecule has 8 heteroatoms. The number of carbonyl (C=O) groups is 1. The van der Waals surface area contributed by atoms with Crippen LogP contribution in [-0.2, 0) is 17.8 Å². The summed E-state index contributed by atoms with van der Waals surface area (Å²) in [6.07, 6.45) is 0.757. The summed E-state index contributed by atoms with van der Waals surface area (Å²) in [6.45, 7) is 4.30. The van der Waals surface area contributed by atoms with Crippen LogP contribution in [0, 0.1) is 19.7 Å². The lowest BCUT2D eigenvalue weighted by Gasteiger charge is -2.15. The molecule has 0 saturated heterocycles. The molecule has 3 aromatic rings. The van der Waals surface area contributed by atoms with Crippen LogP contribution in [-0.4, -0.2) is 27.0 Å². The van der Waals surface area contributed by atoms with Crippen molar-refractivity contribution in [1.82, 2.24) is 14.9 Å². The van der Waals surface area contributed by atoms with Crippen molar-refractivity contribution in [2.75, 3.05) is 11.5 Å². The van der Waals surface area contributed by atoms with Crippen LogP contribution < -0.4 is 10.9 Å². The molecule has 1 aromatic heterocycles. The quantitative estimate of drug-likeness (QED) is 0.449. The van der Waals surface area contributed by atoms with Gasteiger partial charge in [-0.2, -0.15) is 0 Å². The van der Waals surface area contributed by atoms with E-state index in [2.05, 4.69) is 11.4 Å². The van der Waals surface area contributed by atoms with E-state index in [1.165, 1.54) is 23.9 Å². The Morgan fingerprint density at radius 3 is 2.61 bits per heavy atom. The monoisotopic (exact) mass is 455 g/mol. The Morgan fingerprint density at radius 2 is 1.90 bits per heavy atom. The van der Waals surface area contributed by atoms with Crippen LogP contribution in [0.15, 0.2) is 57.3 Å². The molecular formula is C23H22FN3O2S2. The molecule has 1 amide bonds. The number of amides is 1. The van der Waals surface area contributed by atoms with E-state index in [0.29, 0.717) is 16.6 Å². The van der Waals surface area contributed by atoms with E-state index in [-0.39, 0.29) is 23.0 Å². The van der Waals surface area contributed by atoms with Crippen LogP contribution in [0.1, 0.15) is 22.4 Å². The van der Waals surface area contributed by atoms with Gasteiger partial charge in [0.15, 0.2) is 5.16 Å². The first-order valence-electron chi connectivity index (χ1n) is 9.92. The Labute approximate surface area is 188 Å². The highest BCUT2D eigenvalue weighted by molar-refractivity contribution is 8.00. The molecule has 4 rings (SSSR count). The van der Waals surface area contributed by atoms with Gasteiger partial charge in [-0.3, -0.25) is 14.2 Å². The van der Waals surface area contributed by atoms with Crippen molar-refractivity contribution in [3.8, 4) is 5.69 Å². The van der Waals surface area contributed by atoms with E-state index in [1.54, 1.807) is 28.5 Å². The second-order valence-corrected chi connectivity index (χ2v) is 9.49. The van der Waals surface area contributed by atoms with Crippen LogP contribution in [0.3, 0.4) is 0 Å². The third kappa shape index (κ3) is 5.02. The topological polar surface area (TPSA) is 64.0 Å². The number of rotatable bonds is 6. The number of benzene rings is 2. The van der Waals surface area contributed by atoms with Crippen LogP contribution >= 0.6 is 23.5 Å². The zero-order chi connectivity index (χ0) is 22.0. The van der Waals surface area contributed by atoms with Crippen molar-refractivity contribution >= 4 is 29.4 Å². The Morgan fingerprint density at radius 1 is 1.19 bits per heavy atom. The number of fused-ring (bicyclic) bond motifs is 1. The van der Waals surface area contributed by atoms with Crippen LogP contribution in [0.25, 0.3) is 5.69 Å². The Balaban J connectivity index is 1.56. The molecule has 0 atom stereocenters. The lowest BCUT2D eigenvalue weighted by atomic mass is 10.1. The van der Waals surface area contributed by atoms with Gasteiger partial charge in [-0.1, -0.05) is 30.0 Å². The van der Waals surface area contributed by atoms with Crippen LogP contribution in [0.4, 0.5) is 4.39 Å². The van der Waals surface area contributed by atoms with Crippen molar-refractivity contribution < 1.29 is 9.18 Å². The van der Waals surface area contributed by atoms with Gasteiger partial charge in [-0.05, 0) is 54.8 Å². The minimum atomic E-state index is -0.309. The van der Waals surface area contributed by atoms with E-state index in [4.69, 9.17) is 4.98 Å². The average Bonchev–Trinajstić information content (AvgIpc) is 3.20. The molecule has 5 nitrogen and oxygen atoms in total. The van der Waals surface area contributed by atoms with Gasteiger partial charge in [0.25, 0.3) is 5.56 Å². The summed E-state index contributed by atoms with van der Waals surface area (Å²) in [4.78, 5) is 31.1. The third-order valence-electron chi connectivity index (χ3n) is 4.87. The fraction of sp³-hybridized carbons (Fsp3) is 0.261. The molecule has 160 valence electrons. The summed E-state index contributed by atoms with van der Waals surface area (Å²) in [7, 11) is 0. The predicted molar refractivity (Wildman–Crippen MR) is 123 cm³/mol. The summed E-state index contributed by atoms with van der Waals surface area (Å²) < 4.78 is 14.6. The summed E-state index contributed by atoms with van der Waals surface area (Å²) in [5.41, 5.74) is 4.43. The summed E-state index contributed by atoms with van der Waals surface area (Å²) in [5.74, 6) is 0.488. The number of hydrogen-bond donors (Lipinski definition) is 1. The van der Waals surface area contributed by atoms with Gasteiger partial charge in [0.2, 0.25) is 5.91 Å². The smallest absolute Gasteiger partial charge is 0.272 e. The fourth-order valence-electron chi connectivity index (χ4n) is 3.48. The van der Waals surface area contributed by atoms with E-state index in [9.17, 15) is 14.0 Å². The Kier molecular flexibility index (Phi) is 6.48. The summed E-state index contributed by atoms with van der Waals surface area (Å²) in [6, 6.07) is 12.0. The zero-order valence-electron chi connectivity index (χ0n) is 17.3. The molecule has 0 saturated carbocycles. The molecule has 0 bridgehead atoms. The Bertz CT molecular complexity index is 1170. The molecule has 0 unspecified atom stereocenters. The third-order valence-corrected chi connectivity index (χ3v) is 6.91. The number of halogens is 1. The predicted octanol–water partition coefficient (Wildman–Crippen LogP) is 4.05. The number of aryl methyl sites for hydroxylation is 3. The highest BCUT2D eigenvalue weighted by Crippen LogP contribution is 2.30. The highest BCUT2D eigenvalue weighted by Gasteiger charge is 2.23. The highest BCUT2D eigenvalue weighted by atomic mass is 32.2. The van der Waals surface area contributed by atoms with Gasteiger partial charge in [0, 0.05) is 18.7 Å². The van der Waals surface area contributed by atoms with Gasteiger partial charge in [-0.25, -0.2) is 9.37 Å². The van der Waals surface area contributed by atoms with Crippen molar-refractivity contribution in [2.24, 2.45) is 0 Å². The molecule has 0 spiro atoms. The number of thioether (sulfide) groups is 2. The van der Waals surface area contributed by atoms with Crippen molar-refractivity contribution in [3.63, 3.8) is 0 Å². The summed E-state index contributed by atoms with van der Waals surface area (Å²) in [5, 5.41) is 3.35. The van der Waals surface area contributed by atoms with Crippen LogP contribution in [0.5, 0.6) is 0 Å². The minimum absolute atomic E-state index is 0.0771. The zero-order valence-corrected chi connectivity index (χ0v) is 18.9. The lowest BCUT2D eigenvalue weighted by Crippen LogP contribution is -2.27. The number of nitrogens with one attached hydrogen (secondary N) is 1. The van der Waals surface area contributed by atoms with Gasteiger partial charge in [0.05, 0.1) is 22.0 Å². The van der Waals surface area contributed by atoms with Gasteiger partial charge in [0.1, 0.15) is 5.82 Å². The minimum Gasteiger partial charge on any atom is -0.351 e. The largest absolute Gasteiger partial charge is 0.351 e. The van der Waals surface area contributed by atoms with Gasteiger partial charge in [-0.15, -0.1) is 11.8 Å². The fourth-order valence-corrected chi connectivity index (χ4v) is 5.36. The van der Waals surface area contributed by atoms with Crippen LogP contribution in [0.2, 0.25) is 0 Å². The molecule has 1 N–H and O–H groups in total. The van der Waals surface area contributed by atoms with E-state index in [0.717, 1.165) is 40.2 Å². The standard InChI is InChI=1S/C23H22FN3O2S2/c1-14-9-15(2)11-18(10-14)27-22(29)21-19(7-8-30-21)26-23(27)31-13-20(28)25-12-16-3-5-17(24)6-4-16/h3-6,9-11H,7-8,12-13H2,1-2H3,(H,25,28). The lowest BCUT2D eigenvalue weighted by molar-refractivity contribution is -0.118. The van der Waals surface area contributed by atoms with E-state index < -0.39 is 0 Å². The number of nitrogens with zero attached hydrogens (tertiary/aromatic N) is 2. The number of carbonyl (C=O) groups excluding carboxylic acids is 1. The normalized spacial score (nSPS) is 12.6. The molecule has 31 heavy (non-hydrogen) atoms. The number of aromatic nitrogens is 2. The molecule has 2 heterocycles. The average molecular weight is 456 g/mol. The molecule has 0 radical (unpaired) electrons. The number of hydrogen-bond acceptors (Lipinski definition) is 5. The van der Waals surface area contributed by atoms with Crippen molar-refractivity contribution in [2.45, 2.75) is 36.9 Å². The van der Waals surface area contributed by atoms with E-state index >= 15 is 0 Å². The van der Waals surface area contributed by atoms with Crippen molar-refractivity contribution in [1.29, 1.82) is 0 Å². The first kappa shape index (κ1) is 21.6. The first-order chi connectivity index (χ1) is 14.9. The van der Waals surface area contributed by atoms with Gasteiger partial charge >= 0.3 is 0 Å². The molecular weight excluding hydrogens is 433 g/mol. The van der Waals surface area contributed by atoms with E-state index in [1.807, 2.05) is 26.0 Å². The SMILES string of the molecule is Cc1cc(C)cc(-n2c(SCC(=O)NCc3ccc(F)cc3)nc3c(c2=O)SCC3)c1. The Hall–Kier alpha value is -2.58. The molecule has 1 aliphatic rings. The molecule has 0 aliphatic carbocycles. The second-order valence-electron chi connectivity index (χ2n) is 7.45. The first-order valence-corrected chi connectivity index (χ1v) is 11.9. The molecule has 2 aromatic carbocycles. The maximum absolute atomic E-state index is 13.2. The van der Waals surface area contributed by atoms with Crippen molar-refractivity contribution in [3.05, 3.63) is 81.0 Å². The maximum Gasteiger partial charge on any atom is 0.272 e. The second kappa shape index (κ2) is 9.28. The maximum atomic E-state index is 13.2.